The van der Waals surface area contributed by atoms with Crippen LogP contribution in [-0.4, -0.2) is 22.4 Å². The van der Waals surface area contributed by atoms with E-state index in [4.69, 9.17) is 4.11 Å². The van der Waals surface area contributed by atoms with Gasteiger partial charge in [-0.2, -0.15) is 0 Å². The molecule has 0 heterocycles. The van der Waals surface area contributed by atoms with Gasteiger partial charge in [0.15, 0.2) is 0 Å². The van der Waals surface area contributed by atoms with Crippen LogP contribution >= 0.6 is 0 Å². The Morgan fingerprint density at radius 1 is 1.17 bits per heavy atom. The Balaban J connectivity index is 1.78. The molecule has 0 aromatic heterocycles. The average molecular weight is 416 g/mol. The number of fused-ring (bicyclic) bond motifs is 1. The molecule has 3 rings (SSSR count). The first kappa shape index (κ1) is 19.6. The van der Waals surface area contributed by atoms with Crippen molar-refractivity contribution < 1.29 is 14.3 Å². The van der Waals surface area contributed by atoms with Gasteiger partial charge in [0.05, 0.1) is 12.2 Å². The van der Waals surface area contributed by atoms with Gasteiger partial charge in [-0.25, -0.2) is 0 Å². The molecule has 0 saturated heterocycles. The van der Waals surface area contributed by atoms with E-state index in [-0.39, 0.29) is 11.3 Å². The van der Waals surface area contributed by atoms with Gasteiger partial charge in [0, 0.05) is 10.5 Å². The van der Waals surface area contributed by atoms with Gasteiger partial charge in [0.1, 0.15) is 0 Å². The molecule has 0 spiro atoms. The summed E-state index contributed by atoms with van der Waals surface area (Å²) in [5.74, 6) is 1.14. The van der Waals surface area contributed by atoms with E-state index >= 15 is 0 Å². The zero-order valence-electron chi connectivity index (χ0n) is 22.4. The fraction of sp³-hybridized carbons (Fsp3) is 0.714. The smallest absolute Gasteiger partial charge is 0.0811 e. The maximum Gasteiger partial charge on any atom is 0.0811 e. The summed E-state index contributed by atoms with van der Waals surface area (Å²) >= 11 is 0. The van der Waals surface area contributed by atoms with Crippen molar-refractivity contribution in [1.82, 2.24) is 0 Å². The van der Waals surface area contributed by atoms with Gasteiger partial charge < -0.3 is 10.2 Å². The maximum atomic E-state index is 10.2. The summed E-state index contributed by atoms with van der Waals surface area (Å²) in [5.41, 5.74) is 3.42. The van der Waals surface area contributed by atoms with E-state index in [9.17, 15) is 10.2 Å². The molecule has 0 aliphatic heterocycles. The van der Waals surface area contributed by atoms with E-state index in [1.807, 2.05) is 19.9 Å². The summed E-state index contributed by atoms with van der Waals surface area (Å²) in [5, 5.41) is 20.2. The second kappa shape index (κ2) is 9.57. The number of hydrogen-bond acceptors (Lipinski definition) is 2. The molecular formula is C28H44O2. The largest absolute Gasteiger partial charge is 0.393 e. The van der Waals surface area contributed by atoms with Crippen molar-refractivity contribution in [1.29, 1.82) is 0 Å². The maximum absolute atomic E-state index is 10.2. The van der Waals surface area contributed by atoms with Crippen molar-refractivity contribution in [2.45, 2.75) is 91.7 Å². The molecule has 0 aromatic rings. The molecule has 7 atom stereocenters. The highest BCUT2D eigenvalue weighted by molar-refractivity contribution is 5.38. The Hall–Kier alpha value is -1.12. The van der Waals surface area contributed by atoms with Crippen molar-refractivity contribution in [3.8, 4) is 0 Å². The van der Waals surface area contributed by atoms with Gasteiger partial charge in [-0.15, -0.1) is 0 Å². The molecule has 3 saturated carbocycles. The van der Waals surface area contributed by atoms with Crippen molar-refractivity contribution in [2.75, 3.05) is 0 Å². The molecule has 30 heavy (non-hydrogen) atoms. The van der Waals surface area contributed by atoms with Crippen molar-refractivity contribution in [2.24, 2.45) is 35.0 Å². The second-order valence-electron chi connectivity index (χ2n) is 10.7. The molecule has 168 valence electrons. The minimum atomic E-state index is -1.95. The number of hydrogen-bond donors (Lipinski definition) is 2. The van der Waals surface area contributed by atoms with Crippen molar-refractivity contribution >= 4 is 0 Å². The summed E-state index contributed by atoms with van der Waals surface area (Å²) in [4.78, 5) is 0. The standard InChI is InChI=1S/C28H44O2/c1-18(2)19(3)9-10-20(4)25-13-14-26-22(8-7-15-28(25,26)6)11-12-23-16-24(29)17-27(30)21(23)5/h9-12,18-20,24-27,29-30H,5,7-8,13-17H2,1-4,6H3/t19-,20+,24+,25-,26+,27-,28+/m0/s1/i3D3. The zero-order valence-corrected chi connectivity index (χ0v) is 19.4. The summed E-state index contributed by atoms with van der Waals surface area (Å²) in [6.07, 6.45) is 14.1. The lowest BCUT2D eigenvalue weighted by atomic mass is 9.61. The molecule has 2 N–H and O–H groups in total. The molecule has 0 bridgehead atoms. The second-order valence-corrected chi connectivity index (χ2v) is 10.7. The Kier molecular flexibility index (Phi) is 6.24. The van der Waals surface area contributed by atoms with Crippen LogP contribution in [0.3, 0.4) is 0 Å². The van der Waals surface area contributed by atoms with E-state index in [1.165, 1.54) is 31.3 Å². The monoisotopic (exact) mass is 415 g/mol. The molecule has 3 aliphatic rings. The summed E-state index contributed by atoms with van der Waals surface area (Å²) in [7, 11) is 0. The lowest BCUT2D eigenvalue weighted by Crippen LogP contribution is -2.35. The van der Waals surface area contributed by atoms with E-state index in [2.05, 4.69) is 38.7 Å². The zero-order chi connectivity index (χ0) is 24.6. The Labute approximate surface area is 189 Å². The van der Waals surface area contributed by atoms with Gasteiger partial charge in [-0.1, -0.05) is 71.0 Å². The number of aliphatic hydroxyl groups excluding tert-OH is 2. The number of rotatable bonds is 5. The summed E-state index contributed by atoms with van der Waals surface area (Å²) < 4.78 is 23.7. The molecular weight excluding hydrogens is 368 g/mol. The lowest BCUT2D eigenvalue weighted by molar-refractivity contribution is 0.0862. The fourth-order valence-corrected chi connectivity index (χ4v) is 6.26. The van der Waals surface area contributed by atoms with E-state index in [0.717, 1.165) is 17.6 Å². The van der Waals surface area contributed by atoms with Crippen LogP contribution < -0.4 is 0 Å². The Morgan fingerprint density at radius 2 is 1.93 bits per heavy atom. The molecule has 3 aliphatic carbocycles. The predicted molar refractivity (Wildman–Crippen MR) is 127 cm³/mol. The van der Waals surface area contributed by atoms with Crippen LogP contribution in [0.1, 0.15) is 83.6 Å². The Morgan fingerprint density at radius 3 is 2.63 bits per heavy atom. The van der Waals surface area contributed by atoms with Gasteiger partial charge in [-0.3, -0.25) is 0 Å². The lowest BCUT2D eigenvalue weighted by Gasteiger charge is -2.44. The quantitative estimate of drug-likeness (QED) is 0.496. The normalized spacial score (nSPS) is 41.7. The number of allylic oxidation sites excluding steroid dienone is 5. The SMILES string of the molecule is [2H]C([2H])([2H])[C@@H](C=C[C@@H](C)[C@@H]1CC[C@@H]2C(=CC=C3C[C@@H](O)C[C@H](O)C3=C)CCC[C@@]21C)C(C)C. The Bertz CT molecular complexity index is 806. The average Bonchev–Trinajstić information content (AvgIpc) is 3.05. The summed E-state index contributed by atoms with van der Waals surface area (Å²) in [6.45, 7) is 10.8. The van der Waals surface area contributed by atoms with Crippen LogP contribution in [0.5, 0.6) is 0 Å². The van der Waals surface area contributed by atoms with Crippen LogP contribution in [0.4, 0.5) is 0 Å². The fourth-order valence-electron chi connectivity index (χ4n) is 6.26. The first-order valence-electron chi connectivity index (χ1n) is 13.5. The molecule has 2 nitrogen and oxygen atoms in total. The van der Waals surface area contributed by atoms with Gasteiger partial charge >= 0.3 is 0 Å². The third-order valence-electron chi connectivity index (χ3n) is 8.28. The summed E-state index contributed by atoms with van der Waals surface area (Å²) in [6, 6.07) is 0. The van der Waals surface area contributed by atoms with Crippen LogP contribution in [0.25, 0.3) is 0 Å². The first-order chi connectivity index (χ1) is 15.3. The molecule has 3 fully saturated rings. The predicted octanol–water partition coefficient (Wildman–Crippen LogP) is 6.61. The van der Waals surface area contributed by atoms with E-state index < -0.39 is 25.0 Å². The minimum absolute atomic E-state index is 0.0942. The molecule has 0 unspecified atom stereocenters. The topological polar surface area (TPSA) is 40.5 Å². The van der Waals surface area contributed by atoms with Crippen LogP contribution in [0, 0.1) is 35.0 Å². The molecule has 2 heteroatoms. The third-order valence-corrected chi connectivity index (χ3v) is 8.28. The van der Waals surface area contributed by atoms with E-state index in [0.29, 0.717) is 30.6 Å². The number of aliphatic hydroxyl groups is 2. The highest BCUT2D eigenvalue weighted by atomic mass is 16.3. The highest BCUT2D eigenvalue weighted by Gasteiger charge is 2.50. The van der Waals surface area contributed by atoms with Crippen molar-refractivity contribution in [3.63, 3.8) is 0 Å². The van der Waals surface area contributed by atoms with Crippen LogP contribution in [-0.2, 0) is 0 Å². The van der Waals surface area contributed by atoms with E-state index in [1.54, 1.807) is 0 Å². The van der Waals surface area contributed by atoms with Gasteiger partial charge in [-0.05, 0) is 84.7 Å². The van der Waals surface area contributed by atoms with Gasteiger partial charge in [0.25, 0.3) is 0 Å². The molecule has 0 aromatic carbocycles. The minimum Gasteiger partial charge on any atom is -0.393 e. The molecule has 0 amide bonds. The molecule has 0 radical (unpaired) electrons. The first-order valence-corrected chi connectivity index (χ1v) is 12.0. The van der Waals surface area contributed by atoms with Crippen molar-refractivity contribution in [3.05, 3.63) is 47.6 Å². The highest BCUT2D eigenvalue weighted by Crippen LogP contribution is 2.59. The van der Waals surface area contributed by atoms with Crippen LogP contribution in [0.15, 0.2) is 47.6 Å². The van der Waals surface area contributed by atoms with Gasteiger partial charge in [0.2, 0.25) is 0 Å². The van der Waals surface area contributed by atoms with Crippen LogP contribution in [0.2, 0.25) is 0 Å². The third kappa shape index (κ3) is 4.86.